The largest absolute Gasteiger partial charge is 0.455 e. The van der Waals surface area contributed by atoms with E-state index in [2.05, 4.69) is 0 Å². The second-order valence-electron chi connectivity index (χ2n) is 4.16. The molecule has 0 fully saturated rings. The second kappa shape index (κ2) is 4.23. The fourth-order valence-corrected chi connectivity index (χ4v) is 2.79. The van der Waals surface area contributed by atoms with Crippen LogP contribution in [0, 0.1) is 12.7 Å². The lowest BCUT2D eigenvalue weighted by Crippen LogP contribution is -1.93. The van der Waals surface area contributed by atoms with E-state index in [-0.39, 0.29) is 5.58 Å². The predicted octanol–water partition coefficient (Wildman–Crippen LogP) is 4.02. The van der Waals surface area contributed by atoms with E-state index in [1.54, 1.807) is 18.2 Å². The van der Waals surface area contributed by atoms with Crippen LogP contribution in [0.25, 0.3) is 11.0 Å². The number of furan rings is 1. The van der Waals surface area contributed by atoms with Crippen LogP contribution in [-0.4, -0.2) is 5.11 Å². The van der Waals surface area contributed by atoms with Gasteiger partial charge in [0.15, 0.2) is 11.4 Å². The maximum absolute atomic E-state index is 13.5. The van der Waals surface area contributed by atoms with Gasteiger partial charge in [0.05, 0.1) is 0 Å². The van der Waals surface area contributed by atoms with Gasteiger partial charge in [-0.2, -0.15) is 0 Å². The van der Waals surface area contributed by atoms with Crippen molar-refractivity contribution in [1.29, 1.82) is 0 Å². The highest BCUT2D eigenvalue weighted by Crippen LogP contribution is 2.32. The Morgan fingerprint density at radius 2 is 2.11 bits per heavy atom. The SMILES string of the molecule is Cc1ccc(C(O)c2cc3cccc(F)c3o2)s1. The molecule has 1 unspecified atom stereocenters. The minimum atomic E-state index is -0.838. The summed E-state index contributed by atoms with van der Waals surface area (Å²) in [7, 11) is 0. The summed E-state index contributed by atoms with van der Waals surface area (Å²) in [6, 6.07) is 10.2. The number of hydrogen-bond donors (Lipinski definition) is 1. The molecular weight excluding hydrogens is 251 g/mol. The first-order chi connectivity index (χ1) is 8.65. The third kappa shape index (κ3) is 1.83. The first kappa shape index (κ1) is 11.4. The van der Waals surface area contributed by atoms with Crippen LogP contribution in [0.5, 0.6) is 0 Å². The molecule has 0 saturated carbocycles. The molecule has 3 rings (SSSR count). The number of hydrogen-bond acceptors (Lipinski definition) is 3. The summed E-state index contributed by atoms with van der Waals surface area (Å²) in [6.45, 7) is 1.97. The van der Waals surface area contributed by atoms with Gasteiger partial charge in [0, 0.05) is 15.1 Å². The van der Waals surface area contributed by atoms with Gasteiger partial charge < -0.3 is 9.52 Å². The number of halogens is 1. The lowest BCUT2D eigenvalue weighted by Gasteiger charge is -2.03. The first-order valence-corrected chi connectivity index (χ1v) is 6.39. The van der Waals surface area contributed by atoms with Crippen molar-refractivity contribution in [2.75, 3.05) is 0 Å². The quantitative estimate of drug-likeness (QED) is 0.756. The molecule has 0 amide bonds. The van der Waals surface area contributed by atoms with Crippen LogP contribution in [0.15, 0.2) is 40.8 Å². The zero-order valence-electron chi connectivity index (χ0n) is 9.68. The maximum Gasteiger partial charge on any atom is 0.170 e. The number of aryl methyl sites for hydroxylation is 1. The summed E-state index contributed by atoms with van der Waals surface area (Å²) in [4.78, 5) is 1.92. The predicted molar refractivity (Wildman–Crippen MR) is 69.3 cm³/mol. The van der Waals surface area contributed by atoms with Gasteiger partial charge in [-0.05, 0) is 31.2 Å². The summed E-state index contributed by atoms with van der Waals surface area (Å²) in [5, 5.41) is 10.9. The van der Waals surface area contributed by atoms with E-state index in [0.29, 0.717) is 11.1 Å². The van der Waals surface area contributed by atoms with Gasteiger partial charge >= 0.3 is 0 Å². The highest BCUT2D eigenvalue weighted by atomic mass is 32.1. The molecule has 4 heteroatoms. The molecule has 2 heterocycles. The van der Waals surface area contributed by atoms with E-state index < -0.39 is 11.9 Å². The highest BCUT2D eigenvalue weighted by Gasteiger charge is 2.18. The van der Waals surface area contributed by atoms with E-state index in [0.717, 1.165) is 9.75 Å². The maximum atomic E-state index is 13.5. The van der Waals surface area contributed by atoms with Crippen molar-refractivity contribution < 1.29 is 13.9 Å². The van der Waals surface area contributed by atoms with Gasteiger partial charge in [0.1, 0.15) is 11.9 Å². The fourth-order valence-electron chi connectivity index (χ4n) is 1.92. The zero-order valence-corrected chi connectivity index (χ0v) is 10.5. The lowest BCUT2D eigenvalue weighted by molar-refractivity contribution is 0.195. The van der Waals surface area contributed by atoms with Gasteiger partial charge in [-0.1, -0.05) is 12.1 Å². The van der Waals surface area contributed by atoms with Crippen LogP contribution in [0.2, 0.25) is 0 Å². The topological polar surface area (TPSA) is 33.4 Å². The third-order valence-electron chi connectivity index (χ3n) is 2.82. The summed E-state index contributed by atoms with van der Waals surface area (Å²) < 4.78 is 18.9. The molecule has 2 nitrogen and oxygen atoms in total. The van der Waals surface area contributed by atoms with Gasteiger partial charge in [0.25, 0.3) is 0 Å². The van der Waals surface area contributed by atoms with Crippen molar-refractivity contribution in [3.63, 3.8) is 0 Å². The van der Waals surface area contributed by atoms with Crippen molar-refractivity contribution in [1.82, 2.24) is 0 Å². The molecule has 2 aromatic heterocycles. The Labute approximate surface area is 107 Å². The lowest BCUT2D eigenvalue weighted by atomic mass is 10.2. The van der Waals surface area contributed by atoms with Crippen LogP contribution < -0.4 is 0 Å². The highest BCUT2D eigenvalue weighted by molar-refractivity contribution is 7.12. The van der Waals surface area contributed by atoms with Gasteiger partial charge in [-0.15, -0.1) is 11.3 Å². The summed E-state index contributed by atoms with van der Waals surface area (Å²) in [6.07, 6.45) is -0.838. The number of rotatable bonds is 2. The van der Waals surface area contributed by atoms with E-state index in [9.17, 15) is 9.50 Å². The molecule has 0 aliphatic carbocycles. The number of thiophene rings is 1. The van der Waals surface area contributed by atoms with Crippen LogP contribution in [0.4, 0.5) is 4.39 Å². The molecule has 0 bridgehead atoms. The molecule has 0 radical (unpaired) electrons. The molecule has 1 aromatic carbocycles. The standard InChI is InChI=1S/C14H11FO2S/c1-8-5-6-12(18-8)13(16)11-7-9-3-2-4-10(15)14(9)17-11/h2-7,13,16H,1H3. The average Bonchev–Trinajstić information content (AvgIpc) is 2.95. The number of benzene rings is 1. The molecule has 1 atom stereocenters. The molecule has 0 aliphatic rings. The van der Waals surface area contributed by atoms with E-state index >= 15 is 0 Å². The molecule has 92 valence electrons. The Bertz CT molecular complexity index is 699. The van der Waals surface area contributed by atoms with Crippen molar-refractivity contribution in [2.45, 2.75) is 13.0 Å². The number of para-hydroxylation sites is 1. The molecule has 0 saturated heterocycles. The Morgan fingerprint density at radius 1 is 1.28 bits per heavy atom. The molecule has 1 N–H and O–H groups in total. The van der Waals surface area contributed by atoms with E-state index in [1.807, 2.05) is 19.1 Å². The average molecular weight is 262 g/mol. The monoisotopic (exact) mass is 262 g/mol. The number of aliphatic hydroxyl groups excluding tert-OH is 1. The molecule has 0 spiro atoms. The smallest absolute Gasteiger partial charge is 0.170 e. The van der Waals surface area contributed by atoms with Crippen LogP contribution in [-0.2, 0) is 0 Å². The summed E-state index contributed by atoms with van der Waals surface area (Å²) >= 11 is 1.50. The van der Waals surface area contributed by atoms with Crippen LogP contribution >= 0.6 is 11.3 Å². The molecular formula is C14H11FO2S. The van der Waals surface area contributed by atoms with Crippen molar-refractivity contribution in [2.24, 2.45) is 0 Å². The minimum Gasteiger partial charge on any atom is -0.455 e. The van der Waals surface area contributed by atoms with E-state index in [1.165, 1.54) is 17.4 Å². The Hall–Kier alpha value is -1.65. The first-order valence-electron chi connectivity index (χ1n) is 5.57. The van der Waals surface area contributed by atoms with Crippen molar-refractivity contribution in [3.8, 4) is 0 Å². The Kier molecular flexibility index (Phi) is 2.69. The number of fused-ring (bicyclic) bond motifs is 1. The Morgan fingerprint density at radius 3 is 2.78 bits per heavy atom. The number of aliphatic hydroxyl groups is 1. The van der Waals surface area contributed by atoms with Gasteiger partial charge in [-0.25, -0.2) is 4.39 Å². The second-order valence-corrected chi connectivity index (χ2v) is 5.48. The van der Waals surface area contributed by atoms with Gasteiger partial charge in [-0.3, -0.25) is 0 Å². The Balaban J connectivity index is 2.06. The molecule has 18 heavy (non-hydrogen) atoms. The summed E-state index contributed by atoms with van der Waals surface area (Å²) in [5.41, 5.74) is 0.194. The van der Waals surface area contributed by atoms with E-state index in [4.69, 9.17) is 4.42 Å². The van der Waals surface area contributed by atoms with Crippen molar-refractivity contribution >= 4 is 22.3 Å². The third-order valence-corrected chi connectivity index (χ3v) is 3.87. The summed E-state index contributed by atoms with van der Waals surface area (Å²) in [5.74, 6) is -0.0368. The fraction of sp³-hybridized carbons (Fsp3) is 0.143. The minimum absolute atomic E-state index is 0.194. The van der Waals surface area contributed by atoms with Crippen molar-refractivity contribution in [3.05, 3.63) is 57.7 Å². The van der Waals surface area contributed by atoms with Gasteiger partial charge in [0.2, 0.25) is 0 Å². The normalized spacial score (nSPS) is 13.1. The van der Waals surface area contributed by atoms with Crippen LogP contribution in [0.3, 0.4) is 0 Å². The zero-order chi connectivity index (χ0) is 12.7. The van der Waals surface area contributed by atoms with Crippen LogP contribution in [0.1, 0.15) is 21.6 Å². The molecule has 0 aliphatic heterocycles. The molecule has 3 aromatic rings.